The SMILES string of the molecule is Cc1ccc(F)c(-c2cc(C(F)(F)F)ccc2O)c1. The van der Waals surface area contributed by atoms with Crippen LogP contribution in [-0.2, 0) is 6.18 Å². The minimum atomic E-state index is -4.54. The van der Waals surface area contributed by atoms with Crippen molar-refractivity contribution in [3.05, 3.63) is 53.3 Å². The summed E-state index contributed by atoms with van der Waals surface area (Å²) < 4.78 is 51.5. The molecule has 0 bridgehead atoms. The van der Waals surface area contributed by atoms with Crippen LogP contribution in [-0.4, -0.2) is 5.11 Å². The molecule has 5 heteroatoms. The zero-order valence-electron chi connectivity index (χ0n) is 9.92. The van der Waals surface area contributed by atoms with E-state index in [4.69, 9.17) is 0 Å². The van der Waals surface area contributed by atoms with E-state index < -0.39 is 23.3 Å². The van der Waals surface area contributed by atoms with Gasteiger partial charge in [-0.25, -0.2) is 4.39 Å². The van der Waals surface area contributed by atoms with Gasteiger partial charge in [0.15, 0.2) is 0 Å². The van der Waals surface area contributed by atoms with E-state index in [-0.39, 0.29) is 11.1 Å². The molecule has 1 nitrogen and oxygen atoms in total. The summed E-state index contributed by atoms with van der Waals surface area (Å²) in [4.78, 5) is 0. The summed E-state index contributed by atoms with van der Waals surface area (Å²) in [6.07, 6.45) is -4.54. The van der Waals surface area contributed by atoms with Gasteiger partial charge in [0, 0.05) is 11.1 Å². The molecule has 100 valence electrons. The molecular weight excluding hydrogens is 260 g/mol. The number of aromatic hydroxyl groups is 1. The number of benzene rings is 2. The van der Waals surface area contributed by atoms with Crippen molar-refractivity contribution in [2.75, 3.05) is 0 Å². The number of aryl methyl sites for hydroxylation is 1. The van der Waals surface area contributed by atoms with Crippen LogP contribution in [0.5, 0.6) is 5.75 Å². The van der Waals surface area contributed by atoms with Gasteiger partial charge in [0.1, 0.15) is 11.6 Å². The zero-order chi connectivity index (χ0) is 14.2. The van der Waals surface area contributed by atoms with E-state index in [1.54, 1.807) is 6.92 Å². The van der Waals surface area contributed by atoms with Crippen LogP contribution in [0.2, 0.25) is 0 Å². The highest BCUT2D eigenvalue weighted by atomic mass is 19.4. The van der Waals surface area contributed by atoms with Crippen molar-refractivity contribution in [2.24, 2.45) is 0 Å². The fraction of sp³-hybridized carbons (Fsp3) is 0.143. The van der Waals surface area contributed by atoms with Crippen LogP contribution in [0.15, 0.2) is 36.4 Å². The highest BCUT2D eigenvalue weighted by molar-refractivity contribution is 5.72. The van der Waals surface area contributed by atoms with Crippen LogP contribution in [0.4, 0.5) is 17.6 Å². The number of alkyl halides is 3. The lowest BCUT2D eigenvalue weighted by Crippen LogP contribution is -2.04. The Morgan fingerprint density at radius 3 is 2.26 bits per heavy atom. The molecule has 0 unspecified atom stereocenters. The molecule has 2 aromatic rings. The first kappa shape index (κ1) is 13.4. The number of hydrogen-bond acceptors (Lipinski definition) is 1. The third kappa shape index (κ3) is 2.70. The van der Waals surface area contributed by atoms with Crippen molar-refractivity contribution in [3.63, 3.8) is 0 Å². The lowest BCUT2D eigenvalue weighted by molar-refractivity contribution is -0.137. The van der Waals surface area contributed by atoms with Gasteiger partial charge in [-0.15, -0.1) is 0 Å². The molecule has 0 fully saturated rings. The summed E-state index contributed by atoms with van der Waals surface area (Å²) in [5.41, 5.74) is -0.464. The molecule has 1 N–H and O–H groups in total. The van der Waals surface area contributed by atoms with Gasteiger partial charge in [-0.1, -0.05) is 11.6 Å². The van der Waals surface area contributed by atoms with Gasteiger partial charge in [-0.05, 0) is 37.3 Å². The van der Waals surface area contributed by atoms with Crippen LogP contribution >= 0.6 is 0 Å². The molecule has 0 aliphatic carbocycles. The fourth-order valence-corrected chi connectivity index (χ4v) is 1.77. The Morgan fingerprint density at radius 1 is 0.947 bits per heavy atom. The number of phenolic OH excluding ortho intramolecular Hbond substituents is 1. The van der Waals surface area contributed by atoms with Crippen molar-refractivity contribution >= 4 is 0 Å². The molecule has 0 atom stereocenters. The maximum absolute atomic E-state index is 13.7. The predicted molar refractivity (Wildman–Crippen MR) is 63.2 cm³/mol. The molecule has 19 heavy (non-hydrogen) atoms. The number of halogens is 4. The first-order chi connectivity index (χ1) is 8.79. The van der Waals surface area contributed by atoms with Crippen LogP contribution in [0.1, 0.15) is 11.1 Å². The van der Waals surface area contributed by atoms with Crippen LogP contribution < -0.4 is 0 Å². The molecule has 0 amide bonds. The minimum absolute atomic E-state index is 0.0522. The van der Waals surface area contributed by atoms with Crippen molar-refractivity contribution in [2.45, 2.75) is 13.1 Å². The molecule has 0 saturated heterocycles. The quantitative estimate of drug-likeness (QED) is 0.755. The van der Waals surface area contributed by atoms with Crippen LogP contribution in [0.3, 0.4) is 0 Å². The van der Waals surface area contributed by atoms with E-state index in [1.807, 2.05) is 0 Å². The van der Waals surface area contributed by atoms with Gasteiger partial charge in [0.05, 0.1) is 5.56 Å². The van der Waals surface area contributed by atoms with Gasteiger partial charge >= 0.3 is 6.18 Å². The lowest BCUT2D eigenvalue weighted by atomic mass is 9.99. The smallest absolute Gasteiger partial charge is 0.416 e. The van der Waals surface area contributed by atoms with E-state index in [2.05, 4.69) is 0 Å². The Kier molecular flexibility index (Phi) is 3.22. The summed E-state index contributed by atoms with van der Waals surface area (Å²) in [6.45, 7) is 1.69. The molecule has 0 radical (unpaired) electrons. The van der Waals surface area contributed by atoms with Crippen molar-refractivity contribution in [3.8, 4) is 16.9 Å². The van der Waals surface area contributed by atoms with E-state index >= 15 is 0 Å². The van der Waals surface area contributed by atoms with Gasteiger partial charge in [-0.3, -0.25) is 0 Å². The van der Waals surface area contributed by atoms with Gasteiger partial charge in [0.2, 0.25) is 0 Å². The maximum atomic E-state index is 13.7. The molecule has 0 spiro atoms. The van der Waals surface area contributed by atoms with Crippen LogP contribution in [0, 0.1) is 12.7 Å². The topological polar surface area (TPSA) is 20.2 Å². The van der Waals surface area contributed by atoms with Crippen molar-refractivity contribution in [1.82, 2.24) is 0 Å². The standard InChI is InChI=1S/C14H10F4O/c1-8-2-4-12(15)10(6-8)11-7-9(14(16,17)18)3-5-13(11)19/h2-7,19H,1H3. The Hall–Kier alpha value is -2.04. The largest absolute Gasteiger partial charge is 0.507 e. The zero-order valence-corrected chi connectivity index (χ0v) is 9.92. The Bertz CT molecular complexity index is 617. The van der Waals surface area contributed by atoms with Gasteiger partial charge in [0.25, 0.3) is 0 Å². The average molecular weight is 270 g/mol. The van der Waals surface area contributed by atoms with E-state index in [1.165, 1.54) is 12.1 Å². The second kappa shape index (κ2) is 4.57. The summed E-state index contributed by atoms with van der Waals surface area (Å²) in [5.74, 6) is -1.07. The average Bonchev–Trinajstić information content (AvgIpc) is 2.32. The lowest BCUT2D eigenvalue weighted by Gasteiger charge is -2.11. The van der Waals surface area contributed by atoms with Crippen molar-refractivity contribution < 1.29 is 22.7 Å². The molecule has 2 aromatic carbocycles. The molecule has 0 saturated carbocycles. The first-order valence-electron chi connectivity index (χ1n) is 5.46. The third-order valence-electron chi connectivity index (χ3n) is 2.74. The van der Waals surface area contributed by atoms with Crippen LogP contribution in [0.25, 0.3) is 11.1 Å². The monoisotopic (exact) mass is 270 g/mol. The highest BCUT2D eigenvalue weighted by Crippen LogP contribution is 2.37. The number of rotatable bonds is 1. The summed E-state index contributed by atoms with van der Waals surface area (Å²) in [6, 6.07) is 6.47. The van der Waals surface area contributed by atoms with Crippen molar-refractivity contribution in [1.29, 1.82) is 0 Å². The number of phenols is 1. The Balaban J connectivity index is 2.64. The van der Waals surface area contributed by atoms with E-state index in [9.17, 15) is 22.7 Å². The minimum Gasteiger partial charge on any atom is -0.507 e. The van der Waals surface area contributed by atoms with E-state index in [0.717, 1.165) is 24.3 Å². The highest BCUT2D eigenvalue weighted by Gasteiger charge is 2.31. The predicted octanol–water partition coefficient (Wildman–Crippen LogP) is 4.53. The Morgan fingerprint density at radius 2 is 1.63 bits per heavy atom. The third-order valence-corrected chi connectivity index (χ3v) is 2.74. The molecule has 0 aliphatic rings. The normalized spacial score (nSPS) is 11.6. The summed E-state index contributed by atoms with van der Waals surface area (Å²) in [5, 5.41) is 9.64. The molecular formula is C14H10F4O. The number of hydrogen-bond donors (Lipinski definition) is 1. The fourth-order valence-electron chi connectivity index (χ4n) is 1.77. The van der Waals surface area contributed by atoms with Gasteiger partial charge in [-0.2, -0.15) is 13.2 Å². The summed E-state index contributed by atoms with van der Waals surface area (Å²) >= 11 is 0. The summed E-state index contributed by atoms with van der Waals surface area (Å²) in [7, 11) is 0. The molecule has 0 aliphatic heterocycles. The molecule has 0 aromatic heterocycles. The first-order valence-corrected chi connectivity index (χ1v) is 5.46. The molecule has 2 rings (SSSR count). The second-order valence-electron chi connectivity index (χ2n) is 4.21. The van der Waals surface area contributed by atoms with Gasteiger partial charge < -0.3 is 5.11 Å². The maximum Gasteiger partial charge on any atom is 0.416 e. The van der Waals surface area contributed by atoms with E-state index in [0.29, 0.717) is 5.56 Å². The molecule has 0 heterocycles. The second-order valence-corrected chi connectivity index (χ2v) is 4.21. The Labute approximate surface area is 107 Å².